The summed E-state index contributed by atoms with van der Waals surface area (Å²) >= 11 is 0. The lowest BCUT2D eigenvalue weighted by atomic mass is 10.1. The molecule has 4 heterocycles. The van der Waals surface area contributed by atoms with Gasteiger partial charge in [-0.25, -0.2) is 0 Å². The fourth-order valence-electron chi connectivity index (χ4n) is 4.56. The van der Waals surface area contributed by atoms with Crippen LogP contribution in [-0.2, 0) is 17.6 Å². The summed E-state index contributed by atoms with van der Waals surface area (Å²) in [5.41, 5.74) is 8.63. The van der Waals surface area contributed by atoms with Gasteiger partial charge in [-0.3, -0.25) is 19.2 Å². The number of ether oxygens (including phenoxy) is 3. The summed E-state index contributed by atoms with van der Waals surface area (Å²) in [6.07, 6.45) is 7.03. The van der Waals surface area contributed by atoms with Crippen LogP contribution in [0.2, 0.25) is 0 Å². The molecule has 4 aromatic heterocycles. The van der Waals surface area contributed by atoms with E-state index in [1.54, 1.807) is 14.2 Å². The number of benzene rings is 2. The highest BCUT2D eigenvalue weighted by Crippen LogP contribution is 2.25. The molecular weight excluding hydrogens is 640 g/mol. The van der Waals surface area contributed by atoms with Gasteiger partial charge in [-0.2, -0.15) is 0 Å². The first-order valence-corrected chi connectivity index (χ1v) is 14.7. The van der Waals surface area contributed by atoms with Gasteiger partial charge in [0, 0.05) is 46.8 Å². The molecule has 15 nitrogen and oxygen atoms in total. The monoisotopic (exact) mass is 674 g/mol. The van der Waals surface area contributed by atoms with Gasteiger partial charge in [-0.05, 0) is 66.9 Å². The molecule has 0 saturated heterocycles. The topological polar surface area (TPSA) is 232 Å². The Kier molecular flexibility index (Phi) is 12.2. The minimum Gasteiger partial charge on any atom is -0.502 e. The van der Waals surface area contributed by atoms with Gasteiger partial charge >= 0.3 is 6.47 Å². The fraction of sp³-hybridized carbons (Fsp3) is 0.176. The number of aromatic hydroxyl groups is 2. The summed E-state index contributed by atoms with van der Waals surface area (Å²) in [6.45, 7) is 1.16. The molecule has 6 aromatic rings. The number of rotatable bonds is 10. The third-order valence-corrected chi connectivity index (χ3v) is 7.03. The van der Waals surface area contributed by atoms with Gasteiger partial charge in [0.25, 0.3) is 11.9 Å². The van der Waals surface area contributed by atoms with Crippen molar-refractivity contribution in [2.24, 2.45) is 5.73 Å². The summed E-state index contributed by atoms with van der Waals surface area (Å²) in [4.78, 5) is 50.0. The Bertz CT molecular complexity index is 2150. The average Bonchev–Trinajstić information content (AvgIpc) is 3.71. The van der Waals surface area contributed by atoms with Crippen molar-refractivity contribution < 1.29 is 42.8 Å². The van der Waals surface area contributed by atoms with Crippen molar-refractivity contribution in [1.82, 2.24) is 15.3 Å². The molecule has 0 spiro atoms. The summed E-state index contributed by atoms with van der Waals surface area (Å²) in [5, 5.41) is 22.7. The predicted octanol–water partition coefficient (Wildman–Crippen LogP) is 3.37. The zero-order chi connectivity index (χ0) is 35.3. The molecule has 2 aromatic carbocycles. The van der Waals surface area contributed by atoms with Crippen LogP contribution in [0, 0.1) is 0 Å². The van der Waals surface area contributed by atoms with Crippen LogP contribution in [0.4, 0.5) is 0 Å². The van der Waals surface area contributed by atoms with Crippen LogP contribution >= 0.6 is 0 Å². The van der Waals surface area contributed by atoms with Gasteiger partial charge in [-0.15, -0.1) is 0 Å². The van der Waals surface area contributed by atoms with Crippen LogP contribution in [0.15, 0.2) is 91.9 Å². The number of H-pyrrole nitrogens is 2. The number of fused-ring (bicyclic) bond motifs is 2. The molecule has 0 fully saturated rings. The molecule has 256 valence electrons. The molecule has 6 rings (SSSR count). The van der Waals surface area contributed by atoms with Crippen molar-refractivity contribution in [2.45, 2.75) is 12.8 Å². The maximum absolute atomic E-state index is 11.9. The Morgan fingerprint density at radius 2 is 1.39 bits per heavy atom. The molecule has 0 aliphatic heterocycles. The maximum Gasteiger partial charge on any atom is 0.300 e. The number of carbonyl (C=O) groups excluding carboxylic acids is 2. The van der Waals surface area contributed by atoms with E-state index in [1.165, 1.54) is 10.9 Å². The molecule has 0 aliphatic rings. The van der Waals surface area contributed by atoms with E-state index in [-0.39, 0.29) is 18.2 Å². The highest BCUT2D eigenvalue weighted by molar-refractivity contribution is 5.91. The number of amides is 1. The van der Waals surface area contributed by atoms with Crippen LogP contribution < -0.4 is 36.1 Å². The first-order valence-electron chi connectivity index (χ1n) is 14.7. The molecule has 0 bridgehead atoms. The Morgan fingerprint density at radius 1 is 0.837 bits per heavy atom. The van der Waals surface area contributed by atoms with Gasteiger partial charge in [0.15, 0.2) is 17.3 Å². The van der Waals surface area contributed by atoms with E-state index >= 15 is 0 Å². The fourth-order valence-corrected chi connectivity index (χ4v) is 4.56. The van der Waals surface area contributed by atoms with Crippen LogP contribution in [-0.4, -0.2) is 59.9 Å². The zero-order valence-electron chi connectivity index (χ0n) is 26.5. The number of aromatic amines is 2. The number of hydrogen-bond donors (Lipinski definition) is 6. The van der Waals surface area contributed by atoms with E-state index in [2.05, 4.69) is 24.4 Å². The van der Waals surface area contributed by atoms with Gasteiger partial charge in [0.2, 0.25) is 10.9 Å². The molecule has 1 amide bonds. The SMILES string of the molecule is COc1ccc2[nH]cc(CCN)c2c1.COc1ccc2[nH]cc(CCNC(=O)c3cc(=O)c(O)co3)c2c1.O=COc1cc(=O)c(O)co1. The molecule has 15 heteroatoms. The largest absolute Gasteiger partial charge is 0.502 e. The molecule has 0 unspecified atom stereocenters. The molecular formula is C34H34N4O11. The Hall–Kier alpha value is -6.48. The van der Waals surface area contributed by atoms with Crippen LogP contribution in [0.1, 0.15) is 21.7 Å². The van der Waals surface area contributed by atoms with Crippen LogP contribution in [0.25, 0.3) is 21.8 Å². The van der Waals surface area contributed by atoms with Crippen molar-refractivity contribution >= 4 is 34.2 Å². The van der Waals surface area contributed by atoms with E-state index < -0.39 is 28.3 Å². The number of aromatic nitrogens is 2. The second-order valence-corrected chi connectivity index (χ2v) is 10.2. The first kappa shape index (κ1) is 35.4. The lowest BCUT2D eigenvalue weighted by Crippen LogP contribution is -2.26. The highest BCUT2D eigenvalue weighted by Gasteiger charge is 2.12. The number of nitrogens with two attached hydrogens (primary N) is 1. The van der Waals surface area contributed by atoms with Crippen molar-refractivity contribution in [3.63, 3.8) is 0 Å². The third kappa shape index (κ3) is 9.30. The molecule has 7 N–H and O–H groups in total. The van der Waals surface area contributed by atoms with Crippen LogP contribution in [0.5, 0.6) is 28.9 Å². The molecule has 0 aliphatic carbocycles. The molecule has 0 atom stereocenters. The average molecular weight is 675 g/mol. The summed E-state index contributed by atoms with van der Waals surface area (Å²) in [7, 11) is 3.29. The lowest BCUT2D eigenvalue weighted by Gasteiger charge is -2.05. The minimum absolute atomic E-state index is 0.120. The smallest absolute Gasteiger partial charge is 0.300 e. The second kappa shape index (κ2) is 16.9. The Labute approximate surface area is 277 Å². The van der Waals surface area contributed by atoms with Gasteiger partial charge in [0.05, 0.1) is 20.3 Å². The van der Waals surface area contributed by atoms with Crippen molar-refractivity contribution in [1.29, 1.82) is 0 Å². The van der Waals surface area contributed by atoms with Crippen molar-refractivity contribution in [2.75, 3.05) is 27.3 Å². The van der Waals surface area contributed by atoms with Gasteiger partial charge in [-0.1, -0.05) is 0 Å². The number of hydrogen-bond acceptors (Lipinski definition) is 12. The summed E-state index contributed by atoms with van der Waals surface area (Å²) < 4.78 is 24.0. The third-order valence-electron chi connectivity index (χ3n) is 7.03. The predicted molar refractivity (Wildman–Crippen MR) is 178 cm³/mol. The number of methoxy groups -OCH3 is 2. The lowest BCUT2D eigenvalue weighted by molar-refractivity contribution is -0.121. The van der Waals surface area contributed by atoms with E-state index in [4.69, 9.17) is 29.8 Å². The minimum atomic E-state index is -0.659. The van der Waals surface area contributed by atoms with E-state index in [0.29, 0.717) is 19.5 Å². The molecule has 49 heavy (non-hydrogen) atoms. The second-order valence-electron chi connectivity index (χ2n) is 10.2. The summed E-state index contributed by atoms with van der Waals surface area (Å²) in [5.74, 6) is -0.304. The standard InChI is InChI=1S/C17H16N2O5.C11H14N2O.C6H4O5/c1-23-11-2-3-13-12(6-11)10(8-19-13)4-5-18-17(22)16-7-14(20)15(21)9-24-16;1-14-9-2-3-11-10(6-9)8(4-5-12)7-13-11;7-3-11-6-1-4(8)5(9)2-10-6/h2-3,6-9,19,21H,4-5H2,1H3,(H,18,22);2-3,6-7,13H,4-5,12H2,1H3;1-3,9H. The van der Waals surface area contributed by atoms with Gasteiger partial charge < -0.3 is 54.3 Å². The van der Waals surface area contributed by atoms with Crippen LogP contribution in [0.3, 0.4) is 0 Å². The number of carbonyl (C=O) groups is 2. The van der Waals surface area contributed by atoms with E-state index in [1.807, 2.05) is 48.8 Å². The molecule has 0 saturated carbocycles. The van der Waals surface area contributed by atoms with Crippen molar-refractivity contribution in [3.8, 4) is 28.9 Å². The van der Waals surface area contributed by atoms with Crippen molar-refractivity contribution in [3.05, 3.63) is 111 Å². The molecule has 0 radical (unpaired) electrons. The normalized spacial score (nSPS) is 10.3. The van der Waals surface area contributed by atoms with E-state index in [9.17, 15) is 19.2 Å². The number of nitrogens with one attached hydrogen (secondary N) is 3. The maximum atomic E-state index is 11.9. The quantitative estimate of drug-likeness (QED) is 0.115. The summed E-state index contributed by atoms with van der Waals surface area (Å²) in [6, 6.07) is 13.6. The highest BCUT2D eigenvalue weighted by atomic mass is 16.6. The van der Waals surface area contributed by atoms with Gasteiger partial charge in [0.1, 0.15) is 24.0 Å². The Morgan fingerprint density at radius 3 is 1.90 bits per heavy atom. The zero-order valence-corrected chi connectivity index (χ0v) is 26.5. The Balaban J connectivity index is 0.000000183. The van der Waals surface area contributed by atoms with E-state index in [0.717, 1.165) is 64.6 Å². The first-order chi connectivity index (χ1) is 23.7.